The third-order valence-corrected chi connectivity index (χ3v) is 3.56. The van der Waals surface area contributed by atoms with E-state index in [9.17, 15) is 0 Å². The molecule has 8 heteroatoms. The van der Waals surface area contributed by atoms with Crippen LogP contribution in [0.4, 0.5) is 17.5 Å². The Labute approximate surface area is 139 Å². The maximum atomic E-state index is 5.98. The second-order valence-corrected chi connectivity index (χ2v) is 5.82. The lowest BCUT2D eigenvalue weighted by atomic mass is 10.3. The van der Waals surface area contributed by atoms with Gasteiger partial charge in [0.25, 0.3) is 0 Å². The van der Waals surface area contributed by atoms with Gasteiger partial charge in [-0.2, -0.15) is 10.1 Å². The number of nitrogens with zero attached hydrogens (tertiary/aromatic N) is 4. The molecule has 0 aliphatic carbocycles. The molecule has 0 aliphatic rings. The van der Waals surface area contributed by atoms with Gasteiger partial charge in [-0.25, -0.2) is 0 Å². The summed E-state index contributed by atoms with van der Waals surface area (Å²) in [5, 5.41) is 15.1. The van der Waals surface area contributed by atoms with E-state index in [-0.39, 0.29) is 0 Å². The molecule has 0 bridgehead atoms. The number of anilines is 3. The fourth-order valence-electron chi connectivity index (χ4n) is 1.76. The van der Waals surface area contributed by atoms with Crippen LogP contribution in [0.2, 0.25) is 10.0 Å². The van der Waals surface area contributed by atoms with Crippen LogP contribution in [0.5, 0.6) is 0 Å². The Morgan fingerprint density at radius 1 is 1.18 bits per heavy atom. The molecule has 2 aromatic rings. The largest absolute Gasteiger partial charge is 0.353 e. The minimum Gasteiger partial charge on any atom is -0.353 e. The van der Waals surface area contributed by atoms with Crippen molar-refractivity contribution >= 4 is 40.7 Å². The van der Waals surface area contributed by atoms with Gasteiger partial charge in [0.15, 0.2) is 5.82 Å². The molecule has 118 valence electrons. The molecule has 0 fully saturated rings. The summed E-state index contributed by atoms with van der Waals surface area (Å²) in [6.07, 6.45) is 2.55. The zero-order valence-corrected chi connectivity index (χ0v) is 14.0. The average Bonchev–Trinajstić information content (AvgIpc) is 2.48. The summed E-state index contributed by atoms with van der Waals surface area (Å²) >= 11 is 11.9. The number of hydrogen-bond acceptors (Lipinski definition) is 6. The van der Waals surface area contributed by atoms with Gasteiger partial charge in [-0.3, -0.25) is 0 Å². The minimum absolute atomic E-state index is 0.482. The van der Waals surface area contributed by atoms with Crippen LogP contribution in [0.15, 0.2) is 24.4 Å². The summed E-state index contributed by atoms with van der Waals surface area (Å²) in [6.45, 7) is 1.79. The van der Waals surface area contributed by atoms with E-state index in [0.717, 1.165) is 25.2 Å². The molecule has 1 aromatic carbocycles. The van der Waals surface area contributed by atoms with E-state index in [1.165, 1.54) is 0 Å². The summed E-state index contributed by atoms with van der Waals surface area (Å²) in [5.41, 5.74) is 0.786. The standard InChI is InChI=1S/C14H18Cl2N6/c1-22(2)7-3-6-17-14-20-13(9-18-21-14)19-10-4-5-11(15)12(16)8-10/h4-5,8-9H,3,6-7H2,1-2H3,(H2,17,19,20,21). The summed E-state index contributed by atoms with van der Waals surface area (Å²) in [5.74, 6) is 1.08. The molecule has 2 N–H and O–H groups in total. The lowest BCUT2D eigenvalue weighted by molar-refractivity contribution is 0.405. The zero-order valence-electron chi connectivity index (χ0n) is 12.5. The number of rotatable bonds is 7. The Hall–Kier alpha value is -1.63. The van der Waals surface area contributed by atoms with Gasteiger partial charge in [0, 0.05) is 12.2 Å². The normalized spacial score (nSPS) is 10.8. The van der Waals surface area contributed by atoms with Gasteiger partial charge in [0.2, 0.25) is 5.95 Å². The minimum atomic E-state index is 0.482. The fourth-order valence-corrected chi connectivity index (χ4v) is 2.05. The van der Waals surface area contributed by atoms with Crippen molar-refractivity contribution < 1.29 is 0 Å². The predicted octanol–water partition coefficient (Wildman–Crippen LogP) is 3.29. The molecule has 22 heavy (non-hydrogen) atoms. The van der Waals surface area contributed by atoms with E-state index in [2.05, 4.69) is 30.7 Å². The quantitative estimate of drug-likeness (QED) is 0.754. The Balaban J connectivity index is 1.94. The highest BCUT2D eigenvalue weighted by atomic mass is 35.5. The summed E-state index contributed by atoms with van der Waals surface area (Å²) in [4.78, 5) is 6.48. The number of aromatic nitrogens is 3. The maximum absolute atomic E-state index is 5.98. The first-order valence-electron chi connectivity index (χ1n) is 6.85. The van der Waals surface area contributed by atoms with E-state index in [1.54, 1.807) is 18.3 Å². The van der Waals surface area contributed by atoms with Crippen LogP contribution >= 0.6 is 23.2 Å². The van der Waals surface area contributed by atoms with Gasteiger partial charge in [-0.05, 0) is 45.3 Å². The molecule has 0 atom stereocenters. The van der Waals surface area contributed by atoms with Crippen molar-refractivity contribution in [3.63, 3.8) is 0 Å². The molecule has 6 nitrogen and oxygen atoms in total. The summed E-state index contributed by atoms with van der Waals surface area (Å²) in [7, 11) is 4.08. The molecule has 0 aliphatic heterocycles. The van der Waals surface area contributed by atoms with Crippen molar-refractivity contribution in [2.24, 2.45) is 0 Å². The van der Waals surface area contributed by atoms with Crippen molar-refractivity contribution in [3.8, 4) is 0 Å². The molecule has 1 aromatic heterocycles. The maximum Gasteiger partial charge on any atom is 0.244 e. The summed E-state index contributed by atoms with van der Waals surface area (Å²) < 4.78 is 0. The number of halogens is 2. The number of hydrogen-bond donors (Lipinski definition) is 2. The topological polar surface area (TPSA) is 66.0 Å². The lowest BCUT2D eigenvalue weighted by Crippen LogP contribution is -2.17. The smallest absolute Gasteiger partial charge is 0.244 e. The third-order valence-electron chi connectivity index (χ3n) is 2.82. The highest BCUT2D eigenvalue weighted by Gasteiger charge is 2.03. The molecule has 0 amide bonds. The molecular formula is C14H18Cl2N6. The predicted molar refractivity (Wildman–Crippen MR) is 91.2 cm³/mol. The van der Waals surface area contributed by atoms with E-state index in [4.69, 9.17) is 23.2 Å². The Bertz CT molecular complexity index is 620. The van der Waals surface area contributed by atoms with E-state index < -0.39 is 0 Å². The molecule has 0 unspecified atom stereocenters. The second kappa shape index (κ2) is 8.12. The highest BCUT2D eigenvalue weighted by molar-refractivity contribution is 6.42. The second-order valence-electron chi connectivity index (χ2n) is 5.00. The number of benzene rings is 1. The third kappa shape index (κ3) is 5.29. The van der Waals surface area contributed by atoms with Crippen molar-refractivity contribution in [2.75, 3.05) is 37.8 Å². The lowest BCUT2D eigenvalue weighted by Gasteiger charge is -2.10. The van der Waals surface area contributed by atoms with Gasteiger partial charge in [-0.15, -0.1) is 5.10 Å². The first-order valence-corrected chi connectivity index (χ1v) is 7.60. The van der Waals surface area contributed by atoms with Crippen LogP contribution in [-0.4, -0.2) is 47.3 Å². The van der Waals surface area contributed by atoms with Crippen LogP contribution in [0.3, 0.4) is 0 Å². The molecule has 1 heterocycles. The highest BCUT2D eigenvalue weighted by Crippen LogP contribution is 2.26. The van der Waals surface area contributed by atoms with Gasteiger partial charge < -0.3 is 15.5 Å². The Kier molecular flexibility index (Phi) is 6.18. The molecule has 0 saturated carbocycles. The SMILES string of the molecule is CN(C)CCCNc1nncc(Nc2ccc(Cl)c(Cl)c2)n1. The first-order chi connectivity index (χ1) is 10.5. The number of nitrogens with one attached hydrogen (secondary N) is 2. The van der Waals surface area contributed by atoms with Crippen LogP contribution in [0, 0.1) is 0 Å². The van der Waals surface area contributed by atoms with E-state index in [1.807, 2.05) is 20.2 Å². The van der Waals surface area contributed by atoms with Gasteiger partial charge in [-0.1, -0.05) is 23.2 Å². The van der Waals surface area contributed by atoms with Crippen LogP contribution in [-0.2, 0) is 0 Å². The van der Waals surface area contributed by atoms with Crippen LogP contribution in [0.1, 0.15) is 6.42 Å². The monoisotopic (exact) mass is 340 g/mol. The van der Waals surface area contributed by atoms with E-state index >= 15 is 0 Å². The van der Waals surface area contributed by atoms with Crippen molar-refractivity contribution in [3.05, 3.63) is 34.4 Å². The summed E-state index contributed by atoms with van der Waals surface area (Å²) in [6, 6.07) is 5.28. The van der Waals surface area contributed by atoms with Crippen molar-refractivity contribution in [2.45, 2.75) is 6.42 Å². The van der Waals surface area contributed by atoms with Gasteiger partial charge >= 0.3 is 0 Å². The zero-order chi connectivity index (χ0) is 15.9. The molecule has 2 rings (SSSR count). The van der Waals surface area contributed by atoms with E-state index in [0.29, 0.717) is 21.8 Å². The van der Waals surface area contributed by atoms with Gasteiger partial charge in [0.05, 0.1) is 16.2 Å². The molecule has 0 spiro atoms. The molecule has 0 saturated heterocycles. The molecular weight excluding hydrogens is 323 g/mol. The van der Waals surface area contributed by atoms with Crippen molar-refractivity contribution in [1.82, 2.24) is 20.1 Å². The van der Waals surface area contributed by atoms with Gasteiger partial charge in [0.1, 0.15) is 0 Å². The first kappa shape index (κ1) is 16.7. The fraction of sp³-hybridized carbons (Fsp3) is 0.357. The van der Waals surface area contributed by atoms with Crippen molar-refractivity contribution in [1.29, 1.82) is 0 Å². The van der Waals surface area contributed by atoms with Crippen LogP contribution in [0.25, 0.3) is 0 Å². The molecule has 0 radical (unpaired) electrons. The Morgan fingerprint density at radius 3 is 2.73 bits per heavy atom. The average molecular weight is 341 g/mol. The van der Waals surface area contributed by atoms with Crippen LogP contribution < -0.4 is 10.6 Å². The Morgan fingerprint density at radius 2 is 2.00 bits per heavy atom.